The summed E-state index contributed by atoms with van der Waals surface area (Å²) in [4.78, 5) is 26.7. The number of esters is 1. The van der Waals surface area contributed by atoms with Crippen molar-refractivity contribution in [2.75, 3.05) is 19.8 Å². The number of fused-ring (bicyclic) bond motifs is 1. The number of hydrogen-bond acceptors (Lipinski definition) is 4. The molecule has 22 heavy (non-hydrogen) atoms. The Hall–Kier alpha value is -2.34. The minimum atomic E-state index is -0.510. The van der Waals surface area contributed by atoms with Gasteiger partial charge in [0.1, 0.15) is 0 Å². The third-order valence-corrected chi connectivity index (χ3v) is 3.69. The fraction of sp³-hybridized carbons (Fsp3) is 0.375. The summed E-state index contributed by atoms with van der Waals surface area (Å²) < 4.78 is 10.5. The standard InChI is InChI=1S/C16H18N2O4/c19-15(18-8-11-4-3-7-21-11)10-22-16(20)13-9-17-14-6-2-1-5-12(13)14/h1-2,5-6,9,11,17H,3-4,7-8,10H2,(H,18,19)/t11-/m1/s1. The second kappa shape index (κ2) is 6.62. The van der Waals surface area contributed by atoms with Gasteiger partial charge in [0, 0.05) is 30.3 Å². The van der Waals surface area contributed by atoms with Crippen LogP contribution < -0.4 is 5.32 Å². The van der Waals surface area contributed by atoms with E-state index < -0.39 is 5.97 Å². The van der Waals surface area contributed by atoms with E-state index in [-0.39, 0.29) is 18.6 Å². The van der Waals surface area contributed by atoms with Gasteiger partial charge in [0.2, 0.25) is 0 Å². The Kier molecular flexibility index (Phi) is 4.39. The Bertz CT molecular complexity index is 674. The number of carbonyl (C=O) groups excluding carboxylic acids is 2. The Morgan fingerprint density at radius 2 is 2.23 bits per heavy atom. The van der Waals surface area contributed by atoms with Crippen molar-refractivity contribution in [3.8, 4) is 0 Å². The van der Waals surface area contributed by atoms with Gasteiger partial charge >= 0.3 is 5.97 Å². The zero-order chi connectivity index (χ0) is 15.4. The first kappa shape index (κ1) is 14.6. The van der Waals surface area contributed by atoms with Gasteiger partial charge in [-0.15, -0.1) is 0 Å². The number of ether oxygens (including phenoxy) is 2. The highest BCUT2D eigenvalue weighted by Gasteiger charge is 2.18. The Morgan fingerprint density at radius 1 is 1.36 bits per heavy atom. The number of para-hydroxylation sites is 1. The highest BCUT2D eigenvalue weighted by Crippen LogP contribution is 2.18. The van der Waals surface area contributed by atoms with Gasteiger partial charge in [-0.3, -0.25) is 4.79 Å². The number of amides is 1. The molecule has 6 nitrogen and oxygen atoms in total. The van der Waals surface area contributed by atoms with Crippen LogP contribution in [-0.4, -0.2) is 42.7 Å². The lowest BCUT2D eigenvalue weighted by Crippen LogP contribution is -2.34. The molecule has 1 atom stereocenters. The van der Waals surface area contributed by atoms with Crippen molar-refractivity contribution in [2.24, 2.45) is 0 Å². The number of aromatic amines is 1. The van der Waals surface area contributed by atoms with Crippen LogP contribution >= 0.6 is 0 Å². The fourth-order valence-electron chi connectivity index (χ4n) is 2.53. The van der Waals surface area contributed by atoms with E-state index in [4.69, 9.17) is 9.47 Å². The normalized spacial score (nSPS) is 17.5. The summed E-state index contributed by atoms with van der Waals surface area (Å²) in [6.07, 6.45) is 3.65. The maximum absolute atomic E-state index is 12.0. The lowest BCUT2D eigenvalue weighted by atomic mass is 10.2. The van der Waals surface area contributed by atoms with Gasteiger partial charge < -0.3 is 19.8 Å². The minimum absolute atomic E-state index is 0.0771. The molecule has 1 aromatic heterocycles. The van der Waals surface area contributed by atoms with E-state index in [2.05, 4.69) is 10.3 Å². The zero-order valence-electron chi connectivity index (χ0n) is 12.1. The molecule has 1 fully saturated rings. The largest absolute Gasteiger partial charge is 0.452 e. The highest BCUT2D eigenvalue weighted by molar-refractivity contribution is 6.04. The van der Waals surface area contributed by atoms with Crippen LogP contribution in [0.25, 0.3) is 10.9 Å². The number of H-pyrrole nitrogens is 1. The van der Waals surface area contributed by atoms with E-state index in [1.165, 1.54) is 0 Å². The van der Waals surface area contributed by atoms with Gasteiger partial charge in [0.15, 0.2) is 6.61 Å². The van der Waals surface area contributed by atoms with Crippen LogP contribution in [0.2, 0.25) is 0 Å². The average molecular weight is 302 g/mol. The summed E-state index contributed by atoms with van der Waals surface area (Å²) in [7, 11) is 0. The van der Waals surface area contributed by atoms with Gasteiger partial charge in [0.05, 0.1) is 11.7 Å². The molecule has 0 aliphatic carbocycles. The molecule has 0 spiro atoms. The van der Waals surface area contributed by atoms with Crippen LogP contribution in [0.1, 0.15) is 23.2 Å². The van der Waals surface area contributed by atoms with Crippen molar-refractivity contribution in [3.63, 3.8) is 0 Å². The first-order chi connectivity index (χ1) is 10.7. The number of benzene rings is 1. The Balaban J connectivity index is 1.50. The van der Waals surface area contributed by atoms with Crippen LogP contribution in [-0.2, 0) is 14.3 Å². The van der Waals surface area contributed by atoms with Gasteiger partial charge in [-0.05, 0) is 18.9 Å². The monoisotopic (exact) mass is 302 g/mol. The molecule has 3 rings (SSSR count). The van der Waals surface area contributed by atoms with E-state index in [9.17, 15) is 9.59 Å². The zero-order valence-corrected chi connectivity index (χ0v) is 12.1. The molecule has 2 aromatic rings. The summed E-state index contributed by atoms with van der Waals surface area (Å²) >= 11 is 0. The van der Waals surface area contributed by atoms with Gasteiger partial charge in [-0.2, -0.15) is 0 Å². The number of carbonyl (C=O) groups is 2. The van der Waals surface area contributed by atoms with Crippen molar-refractivity contribution in [1.82, 2.24) is 10.3 Å². The van der Waals surface area contributed by atoms with Crippen molar-refractivity contribution in [3.05, 3.63) is 36.0 Å². The lowest BCUT2D eigenvalue weighted by molar-refractivity contribution is -0.124. The third kappa shape index (κ3) is 3.28. The first-order valence-corrected chi connectivity index (χ1v) is 7.35. The fourth-order valence-corrected chi connectivity index (χ4v) is 2.53. The second-order valence-electron chi connectivity index (χ2n) is 5.26. The predicted molar refractivity (Wildman–Crippen MR) is 80.6 cm³/mol. The molecule has 0 unspecified atom stereocenters. The maximum Gasteiger partial charge on any atom is 0.340 e. The number of rotatable bonds is 5. The molecule has 6 heteroatoms. The van der Waals surface area contributed by atoms with Crippen LogP contribution in [0.5, 0.6) is 0 Å². The van der Waals surface area contributed by atoms with E-state index in [0.29, 0.717) is 12.1 Å². The number of nitrogens with one attached hydrogen (secondary N) is 2. The Morgan fingerprint density at radius 3 is 3.05 bits per heavy atom. The topological polar surface area (TPSA) is 80.4 Å². The molecule has 2 heterocycles. The van der Waals surface area contributed by atoms with Gasteiger partial charge in [-0.25, -0.2) is 4.79 Å². The second-order valence-corrected chi connectivity index (χ2v) is 5.26. The van der Waals surface area contributed by atoms with E-state index in [1.54, 1.807) is 6.20 Å². The molecule has 1 amide bonds. The summed E-state index contributed by atoms with van der Waals surface area (Å²) in [5.74, 6) is -0.826. The summed E-state index contributed by atoms with van der Waals surface area (Å²) in [5.41, 5.74) is 1.29. The van der Waals surface area contributed by atoms with Crippen molar-refractivity contribution in [2.45, 2.75) is 18.9 Å². The molecule has 0 bridgehead atoms. The van der Waals surface area contributed by atoms with E-state index in [1.807, 2.05) is 24.3 Å². The molecule has 1 aliphatic heterocycles. The lowest BCUT2D eigenvalue weighted by Gasteiger charge is -2.10. The van der Waals surface area contributed by atoms with Crippen LogP contribution in [0.3, 0.4) is 0 Å². The highest BCUT2D eigenvalue weighted by atomic mass is 16.5. The van der Waals surface area contributed by atoms with Crippen molar-refractivity contribution in [1.29, 1.82) is 0 Å². The maximum atomic E-state index is 12.0. The summed E-state index contributed by atoms with van der Waals surface area (Å²) in [6, 6.07) is 7.44. The van der Waals surface area contributed by atoms with E-state index >= 15 is 0 Å². The molecule has 1 saturated heterocycles. The molecular formula is C16H18N2O4. The summed E-state index contributed by atoms with van der Waals surface area (Å²) in [6.45, 7) is 0.921. The molecule has 0 saturated carbocycles. The molecule has 1 aliphatic rings. The number of hydrogen-bond donors (Lipinski definition) is 2. The molecule has 1 aromatic carbocycles. The quantitative estimate of drug-likeness (QED) is 0.823. The number of aromatic nitrogens is 1. The molecule has 0 radical (unpaired) electrons. The van der Waals surface area contributed by atoms with Gasteiger partial charge in [0.25, 0.3) is 5.91 Å². The average Bonchev–Trinajstić information content (AvgIpc) is 3.19. The van der Waals surface area contributed by atoms with Crippen LogP contribution in [0, 0.1) is 0 Å². The van der Waals surface area contributed by atoms with Crippen molar-refractivity contribution < 1.29 is 19.1 Å². The minimum Gasteiger partial charge on any atom is -0.452 e. The predicted octanol–water partition coefficient (Wildman–Crippen LogP) is 1.62. The van der Waals surface area contributed by atoms with Crippen LogP contribution in [0.15, 0.2) is 30.5 Å². The summed E-state index contributed by atoms with van der Waals surface area (Å²) in [5, 5.41) is 3.50. The molecule has 2 N–H and O–H groups in total. The first-order valence-electron chi connectivity index (χ1n) is 7.35. The molecular weight excluding hydrogens is 284 g/mol. The van der Waals surface area contributed by atoms with Crippen molar-refractivity contribution >= 4 is 22.8 Å². The van der Waals surface area contributed by atoms with Crippen LogP contribution in [0.4, 0.5) is 0 Å². The Labute approximate surface area is 127 Å². The third-order valence-electron chi connectivity index (χ3n) is 3.69. The van der Waals surface area contributed by atoms with Gasteiger partial charge in [-0.1, -0.05) is 18.2 Å². The van der Waals surface area contributed by atoms with E-state index in [0.717, 1.165) is 30.4 Å². The SMILES string of the molecule is O=C(COC(=O)c1c[nH]c2ccccc12)NC[C@H]1CCCO1. The molecule has 116 valence electrons. The smallest absolute Gasteiger partial charge is 0.340 e.